The maximum atomic E-state index is 11.8. The van der Waals surface area contributed by atoms with E-state index in [0.29, 0.717) is 11.9 Å². The Morgan fingerprint density at radius 1 is 1.07 bits per heavy atom. The van der Waals surface area contributed by atoms with Crippen LogP contribution in [0, 0.1) is 0 Å². The van der Waals surface area contributed by atoms with Gasteiger partial charge in [-0.15, -0.1) is 0 Å². The first kappa shape index (κ1) is 11.2. The standard InChI is InChI=1S/C10H10BF3/c11-9-5-3-8(4-6-9)2-1-7-10(12,13)14/h3-6H,1-2,7H2. The second-order valence-corrected chi connectivity index (χ2v) is 3.21. The van der Waals surface area contributed by atoms with Crippen LogP contribution in [0.25, 0.3) is 0 Å². The monoisotopic (exact) mass is 198 g/mol. The third-order valence-corrected chi connectivity index (χ3v) is 1.91. The Morgan fingerprint density at radius 2 is 1.64 bits per heavy atom. The van der Waals surface area contributed by atoms with Crippen molar-refractivity contribution < 1.29 is 13.2 Å². The molecule has 0 aromatic heterocycles. The molecule has 1 aromatic rings. The predicted octanol–water partition coefficient (Wildman–Crippen LogP) is 2.37. The molecule has 1 aromatic carbocycles. The number of rotatable bonds is 3. The molecule has 0 fully saturated rings. The highest BCUT2D eigenvalue weighted by molar-refractivity contribution is 6.32. The summed E-state index contributed by atoms with van der Waals surface area (Å²) in [5.41, 5.74) is 1.52. The van der Waals surface area contributed by atoms with E-state index in [1.807, 2.05) is 0 Å². The molecular weight excluding hydrogens is 188 g/mol. The van der Waals surface area contributed by atoms with Crippen LogP contribution in [0.1, 0.15) is 18.4 Å². The number of hydrogen-bond acceptors (Lipinski definition) is 0. The van der Waals surface area contributed by atoms with Crippen LogP contribution in [-0.4, -0.2) is 14.0 Å². The Balaban J connectivity index is 2.35. The quantitative estimate of drug-likeness (QED) is 0.654. The van der Waals surface area contributed by atoms with Crippen LogP contribution in [0.3, 0.4) is 0 Å². The van der Waals surface area contributed by atoms with E-state index in [0.717, 1.165) is 5.56 Å². The maximum Gasteiger partial charge on any atom is 0.389 e. The average Bonchev–Trinajstić information content (AvgIpc) is 2.06. The lowest BCUT2D eigenvalue weighted by atomic mass is 9.94. The fourth-order valence-electron chi connectivity index (χ4n) is 1.18. The zero-order valence-corrected chi connectivity index (χ0v) is 7.64. The Morgan fingerprint density at radius 3 is 2.14 bits per heavy atom. The lowest BCUT2D eigenvalue weighted by Gasteiger charge is -2.05. The van der Waals surface area contributed by atoms with E-state index in [1.54, 1.807) is 24.3 Å². The second-order valence-electron chi connectivity index (χ2n) is 3.21. The molecule has 0 N–H and O–H groups in total. The third-order valence-electron chi connectivity index (χ3n) is 1.91. The molecule has 0 saturated carbocycles. The second kappa shape index (κ2) is 4.53. The first-order valence-electron chi connectivity index (χ1n) is 4.38. The highest BCUT2D eigenvalue weighted by Crippen LogP contribution is 2.22. The summed E-state index contributed by atoms with van der Waals surface area (Å²) in [5.74, 6) is 0. The zero-order valence-electron chi connectivity index (χ0n) is 7.64. The van der Waals surface area contributed by atoms with E-state index in [2.05, 4.69) is 0 Å². The summed E-state index contributed by atoms with van der Waals surface area (Å²) in [7, 11) is 5.44. The van der Waals surface area contributed by atoms with Crippen LogP contribution in [0.4, 0.5) is 13.2 Å². The van der Waals surface area contributed by atoms with Crippen LogP contribution in [0.2, 0.25) is 0 Å². The van der Waals surface area contributed by atoms with Crippen molar-refractivity contribution in [2.45, 2.75) is 25.4 Å². The van der Waals surface area contributed by atoms with Crippen molar-refractivity contribution in [2.75, 3.05) is 0 Å². The molecule has 74 valence electrons. The van der Waals surface area contributed by atoms with Crippen molar-refractivity contribution in [3.8, 4) is 0 Å². The van der Waals surface area contributed by atoms with Gasteiger partial charge in [-0.25, -0.2) is 0 Å². The van der Waals surface area contributed by atoms with Gasteiger partial charge in [-0.2, -0.15) is 13.2 Å². The first-order valence-corrected chi connectivity index (χ1v) is 4.38. The summed E-state index contributed by atoms with van der Waals surface area (Å²) in [5, 5.41) is 0. The summed E-state index contributed by atoms with van der Waals surface area (Å²) >= 11 is 0. The number of hydrogen-bond donors (Lipinski definition) is 0. The molecule has 4 heteroatoms. The molecule has 0 heterocycles. The lowest BCUT2D eigenvalue weighted by Crippen LogP contribution is -2.07. The van der Waals surface area contributed by atoms with Gasteiger partial charge in [-0.1, -0.05) is 29.7 Å². The van der Waals surface area contributed by atoms with Crippen molar-refractivity contribution in [3.63, 3.8) is 0 Å². The number of benzene rings is 1. The SMILES string of the molecule is [B]c1ccc(CCCC(F)(F)F)cc1. The normalized spacial score (nSPS) is 11.6. The minimum atomic E-state index is -4.05. The lowest BCUT2D eigenvalue weighted by molar-refractivity contribution is -0.135. The number of alkyl halides is 3. The van der Waals surface area contributed by atoms with Crippen molar-refractivity contribution in [3.05, 3.63) is 29.8 Å². The molecule has 0 nitrogen and oxygen atoms in total. The molecule has 0 aliphatic carbocycles. The average molecular weight is 198 g/mol. The van der Waals surface area contributed by atoms with Gasteiger partial charge < -0.3 is 0 Å². The van der Waals surface area contributed by atoms with Crippen molar-refractivity contribution in [1.29, 1.82) is 0 Å². The number of aryl methyl sites for hydroxylation is 1. The minimum Gasteiger partial charge on any atom is -0.171 e. The fourth-order valence-corrected chi connectivity index (χ4v) is 1.18. The van der Waals surface area contributed by atoms with Crippen LogP contribution < -0.4 is 5.46 Å². The molecule has 0 saturated heterocycles. The van der Waals surface area contributed by atoms with Crippen LogP contribution >= 0.6 is 0 Å². The van der Waals surface area contributed by atoms with Gasteiger partial charge in [0.05, 0.1) is 0 Å². The van der Waals surface area contributed by atoms with Crippen LogP contribution in [-0.2, 0) is 6.42 Å². The van der Waals surface area contributed by atoms with Crippen LogP contribution in [0.15, 0.2) is 24.3 Å². The molecule has 2 radical (unpaired) electrons. The van der Waals surface area contributed by atoms with E-state index < -0.39 is 12.6 Å². The summed E-state index contributed by atoms with van der Waals surface area (Å²) in [4.78, 5) is 0. The van der Waals surface area contributed by atoms with Crippen molar-refractivity contribution in [1.82, 2.24) is 0 Å². The summed E-state index contributed by atoms with van der Waals surface area (Å²) < 4.78 is 35.4. The smallest absolute Gasteiger partial charge is 0.171 e. The molecular formula is C10H10BF3. The summed E-state index contributed by atoms with van der Waals surface area (Å²) in [6, 6.07) is 6.91. The largest absolute Gasteiger partial charge is 0.389 e. The van der Waals surface area contributed by atoms with Gasteiger partial charge >= 0.3 is 6.18 Å². The highest BCUT2D eigenvalue weighted by atomic mass is 19.4. The summed E-state index contributed by atoms with van der Waals surface area (Å²) in [6.07, 6.45) is -4.20. The maximum absolute atomic E-state index is 11.8. The van der Waals surface area contributed by atoms with E-state index in [9.17, 15) is 13.2 Å². The van der Waals surface area contributed by atoms with Gasteiger partial charge in [0.25, 0.3) is 0 Å². The predicted molar refractivity (Wildman–Crippen MR) is 50.8 cm³/mol. The summed E-state index contributed by atoms with van der Waals surface area (Å²) in [6.45, 7) is 0. The van der Waals surface area contributed by atoms with E-state index >= 15 is 0 Å². The Hall–Kier alpha value is -0.925. The Labute approximate surface area is 82.5 Å². The van der Waals surface area contributed by atoms with Crippen molar-refractivity contribution >= 4 is 13.3 Å². The minimum absolute atomic E-state index is 0.132. The molecule has 0 spiro atoms. The van der Waals surface area contributed by atoms with E-state index in [-0.39, 0.29) is 6.42 Å². The van der Waals surface area contributed by atoms with Gasteiger partial charge in [0.2, 0.25) is 0 Å². The number of halogens is 3. The van der Waals surface area contributed by atoms with Gasteiger partial charge in [-0.05, 0) is 18.4 Å². The third kappa shape index (κ3) is 4.35. The van der Waals surface area contributed by atoms with Gasteiger partial charge in [0.1, 0.15) is 7.85 Å². The zero-order chi connectivity index (χ0) is 10.6. The molecule has 0 unspecified atom stereocenters. The molecule has 0 aliphatic heterocycles. The molecule has 0 atom stereocenters. The topological polar surface area (TPSA) is 0 Å². The van der Waals surface area contributed by atoms with Gasteiger partial charge in [0.15, 0.2) is 0 Å². The molecule has 0 amide bonds. The van der Waals surface area contributed by atoms with E-state index in [1.165, 1.54) is 0 Å². The molecule has 0 bridgehead atoms. The Kier molecular flexibility index (Phi) is 3.61. The highest BCUT2D eigenvalue weighted by Gasteiger charge is 2.25. The van der Waals surface area contributed by atoms with E-state index in [4.69, 9.17) is 7.85 Å². The first-order chi connectivity index (χ1) is 6.47. The fraction of sp³-hybridized carbons (Fsp3) is 0.400. The molecule has 1 rings (SSSR count). The molecule has 14 heavy (non-hydrogen) atoms. The van der Waals surface area contributed by atoms with Gasteiger partial charge in [-0.3, -0.25) is 0 Å². The van der Waals surface area contributed by atoms with Crippen molar-refractivity contribution in [2.24, 2.45) is 0 Å². The Bertz CT molecular complexity index is 276. The van der Waals surface area contributed by atoms with Gasteiger partial charge in [0, 0.05) is 6.42 Å². The molecule has 0 aliphatic rings. The van der Waals surface area contributed by atoms with Crippen LogP contribution in [0.5, 0.6) is 0 Å².